The number of rotatable bonds is 1. The summed E-state index contributed by atoms with van der Waals surface area (Å²) in [5.74, 6) is -3.65. The molecule has 1 heterocycles. The molecule has 0 atom stereocenters. The fraction of sp³-hybridized carbons (Fsp3) is 0.100. The van der Waals surface area contributed by atoms with E-state index in [9.17, 15) is 13.2 Å². The largest absolute Gasteiger partial charge is 0.373 e. The summed E-state index contributed by atoms with van der Waals surface area (Å²) in [5, 5.41) is 2.84. The van der Waals surface area contributed by atoms with E-state index < -0.39 is 17.5 Å². The summed E-state index contributed by atoms with van der Waals surface area (Å²) in [5.41, 5.74) is 0. The van der Waals surface area contributed by atoms with E-state index in [1.165, 1.54) is 6.20 Å². The van der Waals surface area contributed by atoms with E-state index >= 15 is 0 Å². The van der Waals surface area contributed by atoms with Gasteiger partial charge in [-0.2, -0.15) is 0 Å². The molecule has 84 valence electrons. The molecule has 0 saturated carbocycles. The van der Waals surface area contributed by atoms with Crippen LogP contribution in [0.2, 0.25) is 0 Å². The van der Waals surface area contributed by atoms with E-state index in [4.69, 9.17) is 0 Å². The number of fused-ring (bicyclic) bond motifs is 1. The fourth-order valence-corrected chi connectivity index (χ4v) is 1.96. The monoisotopic (exact) mass is 290 g/mol. The highest BCUT2D eigenvalue weighted by atomic mass is 79.9. The van der Waals surface area contributed by atoms with Gasteiger partial charge in [0.2, 0.25) is 0 Å². The van der Waals surface area contributed by atoms with Gasteiger partial charge in [-0.05, 0) is 22.0 Å². The van der Waals surface area contributed by atoms with Crippen molar-refractivity contribution in [2.24, 2.45) is 0 Å². The summed E-state index contributed by atoms with van der Waals surface area (Å²) in [4.78, 5) is 3.92. The van der Waals surface area contributed by atoms with Crippen molar-refractivity contribution in [3.63, 3.8) is 0 Å². The van der Waals surface area contributed by atoms with Gasteiger partial charge in [0.15, 0.2) is 17.5 Å². The quantitative estimate of drug-likeness (QED) is 0.814. The summed E-state index contributed by atoms with van der Waals surface area (Å²) in [6.45, 7) is 0. The molecule has 1 N–H and O–H groups in total. The summed E-state index contributed by atoms with van der Waals surface area (Å²) < 4.78 is 39.9. The molecule has 0 fully saturated rings. The van der Waals surface area contributed by atoms with Gasteiger partial charge in [0.05, 0.1) is 0 Å². The number of hydrogen-bond donors (Lipinski definition) is 1. The van der Waals surface area contributed by atoms with Crippen LogP contribution in [0.25, 0.3) is 10.8 Å². The van der Waals surface area contributed by atoms with Crippen LogP contribution in [-0.2, 0) is 0 Å². The number of halogens is 4. The van der Waals surface area contributed by atoms with Crippen LogP contribution in [0.4, 0.5) is 19.0 Å². The van der Waals surface area contributed by atoms with E-state index in [0.717, 1.165) is 6.07 Å². The van der Waals surface area contributed by atoms with Gasteiger partial charge in [-0.25, -0.2) is 18.2 Å². The second-order valence-corrected chi connectivity index (χ2v) is 3.97. The van der Waals surface area contributed by atoms with Crippen LogP contribution in [0.5, 0.6) is 0 Å². The van der Waals surface area contributed by atoms with Crippen molar-refractivity contribution in [2.45, 2.75) is 0 Å². The zero-order valence-electron chi connectivity index (χ0n) is 8.11. The molecule has 1 aromatic heterocycles. The highest BCUT2D eigenvalue weighted by Crippen LogP contribution is 2.32. The average Bonchev–Trinajstić information content (AvgIpc) is 2.26. The molecule has 2 aromatic rings. The minimum atomic E-state index is -1.48. The SMILES string of the molecule is CNc1ncc(Br)c2c(F)c(F)c(F)cc12. The predicted octanol–water partition coefficient (Wildman–Crippen LogP) is 3.46. The fourth-order valence-electron chi connectivity index (χ4n) is 1.47. The molecule has 0 amide bonds. The second kappa shape index (κ2) is 3.93. The molecule has 0 saturated heterocycles. The molecule has 6 heteroatoms. The third kappa shape index (κ3) is 1.53. The van der Waals surface area contributed by atoms with Gasteiger partial charge in [0.1, 0.15) is 5.82 Å². The van der Waals surface area contributed by atoms with Crippen molar-refractivity contribution in [1.29, 1.82) is 0 Å². The second-order valence-electron chi connectivity index (χ2n) is 3.11. The average molecular weight is 291 g/mol. The maximum absolute atomic E-state index is 13.5. The number of benzene rings is 1. The normalized spacial score (nSPS) is 10.8. The lowest BCUT2D eigenvalue weighted by atomic mass is 10.1. The van der Waals surface area contributed by atoms with E-state index in [-0.39, 0.29) is 21.1 Å². The standard InChI is InChI=1S/C10H6BrF3N2/c1-15-10-4-2-6(12)8(13)9(14)7(4)5(11)3-16-10/h2-3H,1H3,(H,15,16). The van der Waals surface area contributed by atoms with E-state index in [1.54, 1.807) is 7.05 Å². The lowest BCUT2D eigenvalue weighted by Crippen LogP contribution is -1.99. The van der Waals surface area contributed by atoms with Gasteiger partial charge in [0, 0.05) is 28.5 Å². The van der Waals surface area contributed by atoms with Crippen molar-refractivity contribution in [2.75, 3.05) is 12.4 Å². The molecule has 0 radical (unpaired) electrons. The van der Waals surface area contributed by atoms with Crippen molar-refractivity contribution in [3.05, 3.63) is 34.2 Å². The summed E-state index contributed by atoms with van der Waals surface area (Å²) in [6, 6.07) is 0.914. The third-order valence-electron chi connectivity index (χ3n) is 2.20. The molecule has 0 bridgehead atoms. The molecule has 0 unspecified atom stereocenters. The van der Waals surface area contributed by atoms with E-state index in [1.807, 2.05) is 0 Å². The van der Waals surface area contributed by atoms with Gasteiger partial charge in [0.25, 0.3) is 0 Å². The first-order chi connectivity index (χ1) is 7.56. The van der Waals surface area contributed by atoms with Crippen molar-refractivity contribution < 1.29 is 13.2 Å². The van der Waals surface area contributed by atoms with E-state index in [0.29, 0.717) is 0 Å². The molecular formula is C10H6BrF3N2. The molecule has 2 nitrogen and oxygen atoms in total. The first-order valence-electron chi connectivity index (χ1n) is 4.35. The summed E-state index contributed by atoms with van der Waals surface area (Å²) in [7, 11) is 1.56. The van der Waals surface area contributed by atoms with Crippen LogP contribution < -0.4 is 5.32 Å². The first kappa shape index (κ1) is 11.2. The molecule has 0 spiro atoms. The predicted molar refractivity (Wildman–Crippen MR) is 58.9 cm³/mol. The summed E-state index contributed by atoms with van der Waals surface area (Å²) in [6.07, 6.45) is 1.33. The third-order valence-corrected chi connectivity index (χ3v) is 2.80. The van der Waals surface area contributed by atoms with Crippen LogP contribution >= 0.6 is 15.9 Å². The minimum Gasteiger partial charge on any atom is -0.373 e. The van der Waals surface area contributed by atoms with Crippen molar-refractivity contribution in [1.82, 2.24) is 4.98 Å². The molecule has 0 aliphatic rings. The Hall–Kier alpha value is -1.30. The van der Waals surface area contributed by atoms with Crippen molar-refractivity contribution in [3.8, 4) is 0 Å². The molecule has 16 heavy (non-hydrogen) atoms. The summed E-state index contributed by atoms with van der Waals surface area (Å²) >= 11 is 3.05. The Morgan fingerprint density at radius 2 is 1.94 bits per heavy atom. The number of aromatic nitrogens is 1. The van der Waals surface area contributed by atoms with Crippen LogP contribution in [0, 0.1) is 17.5 Å². The molecule has 0 aliphatic heterocycles. The number of nitrogens with zero attached hydrogens (tertiary/aromatic N) is 1. The Balaban J connectivity index is 2.98. The number of nitrogens with one attached hydrogen (secondary N) is 1. The topological polar surface area (TPSA) is 24.9 Å². The zero-order valence-corrected chi connectivity index (χ0v) is 9.70. The lowest BCUT2D eigenvalue weighted by molar-refractivity contribution is 0.453. The number of anilines is 1. The molecule has 1 aromatic carbocycles. The van der Waals surface area contributed by atoms with Gasteiger partial charge >= 0.3 is 0 Å². The number of pyridine rings is 1. The van der Waals surface area contributed by atoms with Gasteiger partial charge < -0.3 is 5.32 Å². The van der Waals surface area contributed by atoms with Crippen LogP contribution in [-0.4, -0.2) is 12.0 Å². The van der Waals surface area contributed by atoms with Crippen LogP contribution in [0.15, 0.2) is 16.7 Å². The Labute approximate surface area is 97.6 Å². The Bertz CT molecular complexity index is 572. The molecule has 2 rings (SSSR count). The van der Waals surface area contributed by atoms with Gasteiger partial charge in [-0.3, -0.25) is 0 Å². The number of hydrogen-bond acceptors (Lipinski definition) is 2. The highest BCUT2D eigenvalue weighted by molar-refractivity contribution is 9.10. The Kier molecular flexibility index (Phi) is 2.75. The lowest BCUT2D eigenvalue weighted by Gasteiger charge is -2.08. The first-order valence-corrected chi connectivity index (χ1v) is 5.15. The maximum atomic E-state index is 13.5. The zero-order chi connectivity index (χ0) is 11.9. The Morgan fingerprint density at radius 3 is 2.56 bits per heavy atom. The minimum absolute atomic E-state index is 0.0294. The van der Waals surface area contributed by atoms with Gasteiger partial charge in [-0.15, -0.1) is 0 Å². The molecule has 0 aliphatic carbocycles. The van der Waals surface area contributed by atoms with Crippen molar-refractivity contribution >= 4 is 32.5 Å². The smallest absolute Gasteiger partial charge is 0.195 e. The van der Waals surface area contributed by atoms with Gasteiger partial charge in [-0.1, -0.05) is 0 Å². The molecular weight excluding hydrogens is 285 g/mol. The Morgan fingerprint density at radius 1 is 1.25 bits per heavy atom. The van der Waals surface area contributed by atoms with E-state index in [2.05, 4.69) is 26.2 Å². The maximum Gasteiger partial charge on any atom is 0.195 e. The van der Waals surface area contributed by atoms with Crippen LogP contribution in [0.1, 0.15) is 0 Å². The van der Waals surface area contributed by atoms with Crippen LogP contribution in [0.3, 0.4) is 0 Å². The highest BCUT2D eigenvalue weighted by Gasteiger charge is 2.17.